The maximum Gasteiger partial charge on any atom is 0.224 e. The highest BCUT2D eigenvalue weighted by atomic mass is 16.1. The second-order valence-electron chi connectivity index (χ2n) is 5.08. The van der Waals surface area contributed by atoms with Crippen LogP contribution in [0.4, 0.5) is 0 Å². The van der Waals surface area contributed by atoms with Crippen LogP contribution < -0.4 is 11.1 Å². The first-order valence-electron chi connectivity index (χ1n) is 6.84. The van der Waals surface area contributed by atoms with E-state index in [1.165, 1.54) is 5.56 Å². The molecule has 1 fully saturated rings. The summed E-state index contributed by atoms with van der Waals surface area (Å²) in [5.74, 6) is 0.160. The number of amides is 1. The molecule has 0 aromatic heterocycles. The van der Waals surface area contributed by atoms with E-state index in [-0.39, 0.29) is 17.9 Å². The molecule has 18 heavy (non-hydrogen) atoms. The Hall–Kier alpha value is -1.35. The van der Waals surface area contributed by atoms with Crippen LogP contribution in [0.3, 0.4) is 0 Å². The van der Waals surface area contributed by atoms with E-state index in [1.807, 2.05) is 18.2 Å². The number of hydrogen-bond acceptors (Lipinski definition) is 2. The number of rotatable bonds is 4. The molecule has 1 aromatic rings. The maximum absolute atomic E-state index is 12.0. The van der Waals surface area contributed by atoms with Gasteiger partial charge in [-0.05, 0) is 24.8 Å². The van der Waals surface area contributed by atoms with Gasteiger partial charge in [0.05, 0.1) is 5.92 Å². The van der Waals surface area contributed by atoms with Crippen molar-refractivity contribution in [1.29, 1.82) is 0 Å². The smallest absolute Gasteiger partial charge is 0.224 e. The lowest BCUT2D eigenvalue weighted by molar-refractivity contribution is -0.126. The van der Waals surface area contributed by atoms with Gasteiger partial charge in [0.2, 0.25) is 5.91 Å². The molecule has 0 bridgehead atoms. The Bertz CT molecular complexity index is 377. The van der Waals surface area contributed by atoms with Gasteiger partial charge in [-0.15, -0.1) is 0 Å². The molecule has 1 aromatic carbocycles. The van der Waals surface area contributed by atoms with Crippen molar-refractivity contribution in [2.24, 2.45) is 11.7 Å². The quantitative estimate of drug-likeness (QED) is 0.852. The molecule has 1 saturated carbocycles. The molecule has 1 aliphatic rings. The zero-order valence-corrected chi connectivity index (χ0v) is 10.8. The summed E-state index contributed by atoms with van der Waals surface area (Å²) < 4.78 is 0. The first-order valence-corrected chi connectivity index (χ1v) is 6.84. The molecule has 1 aliphatic carbocycles. The summed E-state index contributed by atoms with van der Waals surface area (Å²) in [6.07, 6.45) is 5.10. The highest BCUT2D eigenvalue weighted by Crippen LogP contribution is 2.22. The van der Waals surface area contributed by atoms with Crippen LogP contribution >= 0.6 is 0 Å². The van der Waals surface area contributed by atoms with E-state index >= 15 is 0 Å². The van der Waals surface area contributed by atoms with Crippen LogP contribution in [0.5, 0.6) is 0 Å². The Labute approximate surface area is 109 Å². The van der Waals surface area contributed by atoms with Gasteiger partial charge in [0.15, 0.2) is 0 Å². The van der Waals surface area contributed by atoms with E-state index in [9.17, 15) is 4.79 Å². The summed E-state index contributed by atoms with van der Waals surface area (Å²) in [7, 11) is 0. The van der Waals surface area contributed by atoms with Gasteiger partial charge < -0.3 is 11.1 Å². The molecule has 1 amide bonds. The molecule has 0 spiro atoms. The van der Waals surface area contributed by atoms with Crippen LogP contribution in [0.1, 0.15) is 31.2 Å². The van der Waals surface area contributed by atoms with Crippen LogP contribution in [0.2, 0.25) is 0 Å². The van der Waals surface area contributed by atoms with E-state index in [2.05, 4.69) is 17.4 Å². The number of hydrogen-bond donors (Lipinski definition) is 2. The van der Waals surface area contributed by atoms with Gasteiger partial charge in [0.25, 0.3) is 0 Å². The first-order chi connectivity index (χ1) is 8.77. The number of benzene rings is 1. The lowest BCUT2D eigenvalue weighted by Crippen LogP contribution is -2.44. The second-order valence-corrected chi connectivity index (χ2v) is 5.08. The summed E-state index contributed by atoms with van der Waals surface area (Å²) in [5, 5.41) is 3.01. The van der Waals surface area contributed by atoms with Crippen LogP contribution in [0.25, 0.3) is 0 Å². The summed E-state index contributed by atoms with van der Waals surface area (Å²) >= 11 is 0. The Balaban J connectivity index is 1.74. The minimum atomic E-state index is 0.0227. The summed E-state index contributed by atoms with van der Waals surface area (Å²) in [4.78, 5) is 12.0. The van der Waals surface area contributed by atoms with E-state index < -0.39 is 0 Å². The Morgan fingerprint density at radius 2 is 1.94 bits per heavy atom. The molecule has 0 unspecified atom stereocenters. The van der Waals surface area contributed by atoms with E-state index in [0.717, 1.165) is 32.1 Å². The maximum atomic E-state index is 12.0. The molecule has 3 nitrogen and oxygen atoms in total. The molecular formula is C15H22N2O. The fourth-order valence-electron chi connectivity index (χ4n) is 2.59. The largest absolute Gasteiger partial charge is 0.355 e. The van der Waals surface area contributed by atoms with Crippen LogP contribution in [-0.4, -0.2) is 18.5 Å². The van der Waals surface area contributed by atoms with Gasteiger partial charge in [-0.2, -0.15) is 0 Å². The molecule has 0 heterocycles. The Morgan fingerprint density at radius 1 is 1.22 bits per heavy atom. The highest BCUT2D eigenvalue weighted by Gasteiger charge is 2.27. The summed E-state index contributed by atoms with van der Waals surface area (Å²) in [6.45, 7) is 0.700. The average molecular weight is 246 g/mol. The predicted octanol–water partition coefficient (Wildman–Crippen LogP) is 1.86. The zero-order valence-electron chi connectivity index (χ0n) is 10.8. The number of carbonyl (C=O) groups is 1. The Kier molecular flexibility index (Phi) is 4.76. The van der Waals surface area contributed by atoms with Crippen molar-refractivity contribution in [1.82, 2.24) is 5.32 Å². The highest BCUT2D eigenvalue weighted by molar-refractivity contribution is 5.79. The lowest BCUT2D eigenvalue weighted by atomic mass is 9.84. The number of nitrogens with one attached hydrogen (secondary N) is 1. The fraction of sp³-hybridized carbons (Fsp3) is 0.533. The first kappa shape index (κ1) is 13.1. The number of nitrogens with two attached hydrogens (primary N) is 1. The van der Waals surface area contributed by atoms with Crippen molar-refractivity contribution in [3.05, 3.63) is 35.9 Å². The van der Waals surface area contributed by atoms with E-state index in [0.29, 0.717) is 6.54 Å². The molecule has 0 saturated heterocycles. The van der Waals surface area contributed by atoms with Crippen molar-refractivity contribution >= 4 is 5.91 Å². The van der Waals surface area contributed by atoms with Gasteiger partial charge in [-0.1, -0.05) is 43.2 Å². The zero-order chi connectivity index (χ0) is 12.8. The van der Waals surface area contributed by atoms with Gasteiger partial charge in [-0.3, -0.25) is 4.79 Å². The fourth-order valence-corrected chi connectivity index (χ4v) is 2.59. The molecule has 0 aliphatic heterocycles. The summed E-state index contributed by atoms with van der Waals surface area (Å²) in [5.41, 5.74) is 7.26. The Morgan fingerprint density at radius 3 is 2.67 bits per heavy atom. The standard InChI is InChI=1S/C15H22N2O/c16-14-9-5-4-8-13(14)15(18)17-11-10-12-6-2-1-3-7-12/h1-3,6-7,13-14H,4-5,8-11,16H2,(H,17,18)/t13-,14+/m1/s1. The molecule has 0 radical (unpaired) electrons. The van der Waals surface area contributed by atoms with Crippen LogP contribution in [0, 0.1) is 5.92 Å². The molecule has 2 rings (SSSR count). The molecule has 3 heteroatoms. The normalized spacial score (nSPS) is 23.6. The third-order valence-corrected chi connectivity index (χ3v) is 3.71. The van der Waals surface area contributed by atoms with Gasteiger partial charge in [0.1, 0.15) is 0 Å². The molecular weight excluding hydrogens is 224 g/mol. The monoisotopic (exact) mass is 246 g/mol. The average Bonchev–Trinajstić information content (AvgIpc) is 2.40. The van der Waals surface area contributed by atoms with Crippen molar-refractivity contribution in [3.63, 3.8) is 0 Å². The molecule has 3 N–H and O–H groups in total. The topological polar surface area (TPSA) is 55.1 Å². The minimum Gasteiger partial charge on any atom is -0.355 e. The molecule has 98 valence electrons. The van der Waals surface area contributed by atoms with E-state index in [1.54, 1.807) is 0 Å². The summed E-state index contributed by atoms with van der Waals surface area (Å²) in [6, 6.07) is 10.3. The minimum absolute atomic E-state index is 0.0227. The van der Waals surface area contributed by atoms with Crippen molar-refractivity contribution in [3.8, 4) is 0 Å². The van der Waals surface area contributed by atoms with Gasteiger partial charge in [0, 0.05) is 12.6 Å². The van der Waals surface area contributed by atoms with Crippen LogP contribution in [0.15, 0.2) is 30.3 Å². The number of carbonyl (C=O) groups excluding carboxylic acids is 1. The van der Waals surface area contributed by atoms with Gasteiger partial charge >= 0.3 is 0 Å². The van der Waals surface area contributed by atoms with Crippen LogP contribution in [-0.2, 0) is 11.2 Å². The van der Waals surface area contributed by atoms with Crippen molar-refractivity contribution < 1.29 is 4.79 Å². The third kappa shape index (κ3) is 3.57. The SMILES string of the molecule is N[C@H]1CCCC[C@H]1C(=O)NCCc1ccccc1. The lowest BCUT2D eigenvalue weighted by Gasteiger charge is -2.27. The second kappa shape index (κ2) is 6.55. The third-order valence-electron chi connectivity index (χ3n) is 3.71. The van der Waals surface area contributed by atoms with Crippen molar-refractivity contribution in [2.45, 2.75) is 38.1 Å². The van der Waals surface area contributed by atoms with Gasteiger partial charge in [-0.25, -0.2) is 0 Å². The molecule has 2 atom stereocenters. The van der Waals surface area contributed by atoms with E-state index in [4.69, 9.17) is 5.73 Å². The predicted molar refractivity (Wildman–Crippen MR) is 73.1 cm³/mol. The van der Waals surface area contributed by atoms with Crippen molar-refractivity contribution in [2.75, 3.05) is 6.54 Å².